The van der Waals surface area contributed by atoms with E-state index in [1.165, 1.54) is 0 Å². The van der Waals surface area contributed by atoms with Crippen molar-refractivity contribution in [3.63, 3.8) is 0 Å². The van der Waals surface area contributed by atoms with Crippen molar-refractivity contribution in [1.29, 1.82) is 0 Å². The Hall–Kier alpha value is -0.600. The Morgan fingerprint density at radius 3 is 2.38 bits per heavy atom. The Balaban J connectivity index is 0.000000490. The van der Waals surface area contributed by atoms with Gasteiger partial charge in [0.1, 0.15) is 0 Å². The van der Waals surface area contributed by atoms with Crippen LogP contribution in [0.15, 0.2) is 24.3 Å². The van der Waals surface area contributed by atoms with Gasteiger partial charge in [0.15, 0.2) is 0 Å². The molecule has 1 atom stereocenters. The predicted octanol–water partition coefficient (Wildman–Crippen LogP) is 1.03. The zero-order valence-electron chi connectivity index (χ0n) is 4.75. The van der Waals surface area contributed by atoms with E-state index in [4.69, 9.17) is 5.11 Å². The maximum absolute atomic E-state index is 8.77. The number of aliphatic hydroxyl groups excluding tert-OH is 1. The molecular weight excluding hydrogens is 102 g/mol. The van der Waals surface area contributed by atoms with Crippen LogP contribution in [0.3, 0.4) is 0 Å². The van der Waals surface area contributed by atoms with Gasteiger partial charge >= 0.3 is 0 Å². The first-order valence-electron chi connectivity index (χ1n) is 2.41. The number of hydrogen-bond acceptors (Lipinski definition) is 2. The van der Waals surface area contributed by atoms with E-state index in [2.05, 4.69) is 0 Å². The molecule has 0 bridgehead atoms. The molecular formula is C6H11NO. The topological polar surface area (TPSA) is 55.2 Å². The van der Waals surface area contributed by atoms with Crippen molar-refractivity contribution in [1.82, 2.24) is 6.15 Å². The molecule has 0 fully saturated rings. The van der Waals surface area contributed by atoms with Gasteiger partial charge in [-0.15, -0.1) is 0 Å². The third kappa shape index (κ3) is 1.91. The molecule has 1 unspecified atom stereocenters. The van der Waals surface area contributed by atoms with Gasteiger partial charge in [-0.1, -0.05) is 24.3 Å². The van der Waals surface area contributed by atoms with Crippen LogP contribution in [0.5, 0.6) is 0 Å². The van der Waals surface area contributed by atoms with Gasteiger partial charge in [0.2, 0.25) is 0 Å². The van der Waals surface area contributed by atoms with Gasteiger partial charge in [0, 0.05) is 0 Å². The lowest BCUT2D eigenvalue weighted by molar-refractivity contribution is 0.225. The molecule has 0 aliphatic heterocycles. The van der Waals surface area contributed by atoms with Gasteiger partial charge in [0.25, 0.3) is 0 Å². The van der Waals surface area contributed by atoms with E-state index >= 15 is 0 Å². The van der Waals surface area contributed by atoms with E-state index in [1.807, 2.05) is 18.2 Å². The van der Waals surface area contributed by atoms with Crippen molar-refractivity contribution in [3.8, 4) is 0 Å². The molecule has 0 saturated heterocycles. The SMILES string of the molecule is N.OC1C=CC=CC1. The monoisotopic (exact) mass is 113 g/mol. The Kier molecular flexibility index (Phi) is 3.15. The van der Waals surface area contributed by atoms with Crippen LogP contribution >= 0.6 is 0 Å². The third-order valence-corrected chi connectivity index (χ3v) is 0.958. The molecule has 0 heterocycles. The first-order chi connectivity index (χ1) is 3.39. The first kappa shape index (κ1) is 7.40. The largest absolute Gasteiger partial charge is 0.389 e. The van der Waals surface area contributed by atoms with E-state index < -0.39 is 0 Å². The van der Waals surface area contributed by atoms with Crippen LogP contribution in [0.1, 0.15) is 6.42 Å². The molecule has 8 heavy (non-hydrogen) atoms. The Bertz CT molecular complexity index is 107. The Morgan fingerprint density at radius 1 is 1.38 bits per heavy atom. The lowest BCUT2D eigenvalue weighted by Gasteiger charge is -2.01. The highest BCUT2D eigenvalue weighted by molar-refractivity contribution is 5.11. The quantitative estimate of drug-likeness (QED) is 0.493. The molecule has 0 amide bonds. The molecule has 0 saturated carbocycles. The smallest absolute Gasteiger partial charge is 0.0758 e. The molecule has 2 heteroatoms. The van der Waals surface area contributed by atoms with Crippen LogP contribution < -0.4 is 6.15 Å². The summed E-state index contributed by atoms with van der Waals surface area (Å²) in [6.45, 7) is 0. The lowest BCUT2D eigenvalue weighted by atomic mass is 10.1. The fourth-order valence-electron chi connectivity index (χ4n) is 0.568. The number of rotatable bonds is 0. The van der Waals surface area contributed by atoms with Gasteiger partial charge in [-0.3, -0.25) is 0 Å². The van der Waals surface area contributed by atoms with Gasteiger partial charge in [-0.25, -0.2) is 0 Å². The van der Waals surface area contributed by atoms with E-state index in [1.54, 1.807) is 6.08 Å². The highest BCUT2D eigenvalue weighted by atomic mass is 16.3. The maximum atomic E-state index is 8.77. The summed E-state index contributed by atoms with van der Waals surface area (Å²) >= 11 is 0. The van der Waals surface area contributed by atoms with Crippen LogP contribution in [0, 0.1) is 0 Å². The fraction of sp³-hybridized carbons (Fsp3) is 0.333. The standard InChI is InChI=1S/C6H8O.H3N/c7-6-4-2-1-3-5-6;/h1-4,6-7H,5H2;1H3. The van der Waals surface area contributed by atoms with Crippen molar-refractivity contribution < 1.29 is 5.11 Å². The number of aliphatic hydroxyl groups is 1. The van der Waals surface area contributed by atoms with Crippen molar-refractivity contribution in [3.05, 3.63) is 24.3 Å². The minimum Gasteiger partial charge on any atom is -0.389 e. The summed E-state index contributed by atoms with van der Waals surface area (Å²) in [5.74, 6) is 0. The van der Waals surface area contributed by atoms with Crippen molar-refractivity contribution in [2.24, 2.45) is 0 Å². The Labute approximate surface area is 49.1 Å². The zero-order chi connectivity index (χ0) is 5.11. The lowest BCUT2D eigenvalue weighted by Crippen LogP contribution is -2.00. The van der Waals surface area contributed by atoms with Crippen molar-refractivity contribution >= 4 is 0 Å². The molecule has 0 aromatic heterocycles. The molecule has 0 radical (unpaired) electrons. The molecule has 46 valence electrons. The molecule has 0 spiro atoms. The second-order valence-electron chi connectivity index (χ2n) is 1.62. The zero-order valence-corrected chi connectivity index (χ0v) is 4.75. The molecule has 1 rings (SSSR count). The second-order valence-corrected chi connectivity index (χ2v) is 1.62. The van der Waals surface area contributed by atoms with Gasteiger partial charge in [0.05, 0.1) is 6.10 Å². The minimum absolute atomic E-state index is 0. The fourth-order valence-corrected chi connectivity index (χ4v) is 0.568. The molecule has 4 N–H and O–H groups in total. The third-order valence-electron chi connectivity index (χ3n) is 0.958. The molecule has 2 nitrogen and oxygen atoms in total. The Morgan fingerprint density at radius 2 is 2.12 bits per heavy atom. The minimum atomic E-state index is -0.231. The van der Waals surface area contributed by atoms with E-state index in [-0.39, 0.29) is 12.3 Å². The van der Waals surface area contributed by atoms with Gasteiger partial charge in [-0.05, 0) is 6.42 Å². The molecule has 1 aliphatic rings. The van der Waals surface area contributed by atoms with Crippen LogP contribution in [0.25, 0.3) is 0 Å². The van der Waals surface area contributed by atoms with E-state index in [0.717, 1.165) is 6.42 Å². The average molecular weight is 113 g/mol. The summed E-state index contributed by atoms with van der Waals surface area (Å²) in [6, 6.07) is 0. The summed E-state index contributed by atoms with van der Waals surface area (Å²) in [4.78, 5) is 0. The van der Waals surface area contributed by atoms with E-state index in [0.29, 0.717) is 0 Å². The number of hydrogen-bond donors (Lipinski definition) is 2. The predicted molar refractivity (Wildman–Crippen MR) is 33.9 cm³/mol. The highest BCUT2D eigenvalue weighted by Crippen LogP contribution is 2.00. The summed E-state index contributed by atoms with van der Waals surface area (Å²) in [5.41, 5.74) is 0. The molecule has 0 aromatic carbocycles. The normalized spacial score (nSPS) is 24.9. The second kappa shape index (κ2) is 3.41. The van der Waals surface area contributed by atoms with Gasteiger partial charge < -0.3 is 11.3 Å². The van der Waals surface area contributed by atoms with E-state index in [9.17, 15) is 0 Å². The van der Waals surface area contributed by atoms with Crippen molar-refractivity contribution in [2.75, 3.05) is 0 Å². The summed E-state index contributed by atoms with van der Waals surface area (Å²) < 4.78 is 0. The maximum Gasteiger partial charge on any atom is 0.0758 e. The highest BCUT2D eigenvalue weighted by Gasteiger charge is 1.95. The van der Waals surface area contributed by atoms with Crippen LogP contribution in [-0.2, 0) is 0 Å². The average Bonchev–Trinajstić information content (AvgIpc) is 1.69. The van der Waals surface area contributed by atoms with Gasteiger partial charge in [-0.2, -0.15) is 0 Å². The van der Waals surface area contributed by atoms with Crippen LogP contribution in [0.2, 0.25) is 0 Å². The summed E-state index contributed by atoms with van der Waals surface area (Å²) in [6.07, 6.45) is 8.06. The summed E-state index contributed by atoms with van der Waals surface area (Å²) in [7, 11) is 0. The van der Waals surface area contributed by atoms with Crippen LogP contribution in [0.4, 0.5) is 0 Å². The van der Waals surface area contributed by atoms with Crippen molar-refractivity contribution in [2.45, 2.75) is 12.5 Å². The summed E-state index contributed by atoms with van der Waals surface area (Å²) in [5, 5.41) is 8.77. The molecule has 1 aliphatic carbocycles. The molecule has 0 aromatic rings. The first-order valence-corrected chi connectivity index (χ1v) is 2.41. The van der Waals surface area contributed by atoms with Crippen LogP contribution in [-0.4, -0.2) is 11.2 Å². The number of allylic oxidation sites excluding steroid dienone is 2.